The van der Waals surface area contributed by atoms with Crippen LogP contribution in [-0.2, 0) is 4.79 Å². The van der Waals surface area contributed by atoms with E-state index in [0.717, 1.165) is 33.6 Å². The van der Waals surface area contributed by atoms with Crippen molar-refractivity contribution in [2.45, 2.75) is 45.1 Å². The normalized spacial score (nSPS) is 14.8. The Kier molecular flexibility index (Phi) is 6.23. The molecule has 1 aliphatic carbocycles. The molecule has 0 radical (unpaired) electrons. The molecule has 3 aromatic rings. The summed E-state index contributed by atoms with van der Waals surface area (Å²) in [6, 6.07) is 13.5. The second-order valence-corrected chi connectivity index (χ2v) is 8.74. The summed E-state index contributed by atoms with van der Waals surface area (Å²) in [6.45, 7) is 1.89. The van der Waals surface area contributed by atoms with Crippen LogP contribution >= 0.6 is 11.3 Å². The third-order valence-electron chi connectivity index (χ3n) is 5.37. The number of aromatic nitrogens is 1. The molecular weight excluding hydrogens is 394 g/mol. The monoisotopic (exact) mass is 419 g/mol. The number of hydrogen-bond acceptors (Lipinski definition) is 4. The second-order valence-electron chi connectivity index (χ2n) is 7.68. The second kappa shape index (κ2) is 9.22. The summed E-state index contributed by atoms with van der Waals surface area (Å²) < 4.78 is 1.09. The number of aryl methyl sites for hydroxylation is 1. The third kappa shape index (κ3) is 4.94. The van der Waals surface area contributed by atoms with Crippen LogP contribution in [0.4, 0.5) is 5.69 Å². The molecule has 0 spiro atoms. The molecule has 30 heavy (non-hydrogen) atoms. The maximum Gasteiger partial charge on any atom is 0.251 e. The molecule has 2 N–H and O–H groups in total. The van der Waals surface area contributed by atoms with Crippen molar-refractivity contribution in [1.82, 2.24) is 10.3 Å². The smallest absolute Gasteiger partial charge is 0.251 e. The number of amides is 2. The maximum absolute atomic E-state index is 12.5. The fraction of sp³-hybridized carbons (Fsp3) is 0.292. The zero-order chi connectivity index (χ0) is 20.9. The fourth-order valence-corrected chi connectivity index (χ4v) is 4.61. The van der Waals surface area contributed by atoms with Crippen LogP contribution in [0.25, 0.3) is 16.3 Å². The van der Waals surface area contributed by atoms with E-state index in [1.807, 2.05) is 37.3 Å². The Morgan fingerprint density at radius 1 is 1.10 bits per heavy atom. The Balaban J connectivity index is 1.37. The molecule has 0 bridgehead atoms. The molecule has 1 heterocycles. The minimum absolute atomic E-state index is 0.0430. The van der Waals surface area contributed by atoms with Crippen LogP contribution in [0.1, 0.15) is 53.0 Å². The number of nitrogens with one attached hydrogen (secondary N) is 2. The first-order valence-corrected chi connectivity index (χ1v) is 11.2. The van der Waals surface area contributed by atoms with Gasteiger partial charge in [0.15, 0.2) is 0 Å². The van der Waals surface area contributed by atoms with Crippen molar-refractivity contribution in [3.05, 3.63) is 64.7 Å². The van der Waals surface area contributed by atoms with Gasteiger partial charge in [0.25, 0.3) is 5.91 Å². The topological polar surface area (TPSA) is 71.1 Å². The predicted molar refractivity (Wildman–Crippen MR) is 123 cm³/mol. The molecule has 0 aliphatic heterocycles. The van der Waals surface area contributed by atoms with Crippen molar-refractivity contribution < 1.29 is 9.59 Å². The van der Waals surface area contributed by atoms with E-state index in [9.17, 15) is 9.59 Å². The van der Waals surface area contributed by atoms with Gasteiger partial charge in [-0.05, 0) is 61.7 Å². The van der Waals surface area contributed by atoms with E-state index in [2.05, 4.69) is 15.6 Å². The van der Waals surface area contributed by atoms with Gasteiger partial charge in [0.05, 0.1) is 10.2 Å². The molecule has 4 rings (SSSR count). The Labute approximate surface area is 180 Å². The van der Waals surface area contributed by atoms with E-state index < -0.39 is 0 Å². The van der Waals surface area contributed by atoms with Gasteiger partial charge in [-0.15, -0.1) is 11.3 Å². The van der Waals surface area contributed by atoms with Crippen LogP contribution in [0.3, 0.4) is 0 Å². The summed E-state index contributed by atoms with van der Waals surface area (Å²) in [5.74, 6) is -0.268. The number of hydrogen-bond donors (Lipinski definition) is 2. The highest BCUT2D eigenvalue weighted by Gasteiger charge is 2.17. The van der Waals surface area contributed by atoms with Gasteiger partial charge in [-0.3, -0.25) is 9.59 Å². The van der Waals surface area contributed by atoms with E-state index in [0.29, 0.717) is 11.3 Å². The molecule has 2 aromatic carbocycles. The lowest BCUT2D eigenvalue weighted by atomic mass is 9.95. The molecule has 0 saturated heterocycles. The maximum atomic E-state index is 12.5. The van der Waals surface area contributed by atoms with E-state index in [1.54, 1.807) is 29.5 Å². The van der Waals surface area contributed by atoms with Crippen molar-refractivity contribution in [3.8, 4) is 0 Å². The molecule has 154 valence electrons. The lowest BCUT2D eigenvalue weighted by Crippen LogP contribution is -2.36. The summed E-state index contributed by atoms with van der Waals surface area (Å²) in [5, 5.41) is 6.80. The number of thiazole rings is 1. The first kappa shape index (κ1) is 20.3. The lowest BCUT2D eigenvalue weighted by Gasteiger charge is -2.23. The number of anilines is 1. The number of carbonyl (C=O) groups is 2. The lowest BCUT2D eigenvalue weighted by molar-refractivity contribution is -0.111. The largest absolute Gasteiger partial charge is 0.349 e. The number of nitrogens with zero attached hydrogens (tertiary/aromatic N) is 1. The molecule has 1 fully saturated rings. The summed E-state index contributed by atoms with van der Waals surface area (Å²) in [7, 11) is 0. The van der Waals surface area contributed by atoms with Crippen LogP contribution in [-0.4, -0.2) is 22.8 Å². The van der Waals surface area contributed by atoms with Gasteiger partial charge in [0.1, 0.15) is 5.01 Å². The molecule has 1 saturated carbocycles. The average Bonchev–Trinajstić information content (AvgIpc) is 3.17. The first-order valence-electron chi connectivity index (χ1n) is 10.3. The fourth-order valence-electron chi connectivity index (χ4n) is 3.74. The van der Waals surface area contributed by atoms with E-state index in [-0.39, 0.29) is 17.9 Å². The molecule has 1 aromatic heterocycles. The standard InChI is InChI=1S/C24H25N3O2S/c1-16-15-17(24(29)25-18-7-3-2-4-8-18)11-12-19(16)26-22(28)13-14-23-27-20-9-5-6-10-21(20)30-23/h5-6,9-15,18H,2-4,7-8H2,1H3,(H,25,29)(H,26,28)/b14-13+. The van der Waals surface area contributed by atoms with E-state index in [4.69, 9.17) is 0 Å². The van der Waals surface area contributed by atoms with E-state index >= 15 is 0 Å². The van der Waals surface area contributed by atoms with Gasteiger partial charge < -0.3 is 10.6 Å². The average molecular weight is 420 g/mol. The zero-order valence-electron chi connectivity index (χ0n) is 17.0. The molecular formula is C24H25N3O2S. The Morgan fingerprint density at radius 2 is 1.90 bits per heavy atom. The number of fused-ring (bicyclic) bond motifs is 1. The van der Waals surface area contributed by atoms with Gasteiger partial charge >= 0.3 is 0 Å². The molecule has 5 nitrogen and oxygen atoms in total. The predicted octanol–water partition coefficient (Wildman–Crippen LogP) is 5.32. The van der Waals surface area contributed by atoms with Gasteiger partial charge in [0, 0.05) is 23.4 Å². The van der Waals surface area contributed by atoms with Crippen LogP contribution < -0.4 is 10.6 Å². The number of carbonyl (C=O) groups excluding carboxylic acids is 2. The quantitative estimate of drug-likeness (QED) is 0.550. The summed E-state index contributed by atoms with van der Waals surface area (Å²) in [5.41, 5.74) is 3.11. The third-order valence-corrected chi connectivity index (χ3v) is 6.38. The van der Waals surface area contributed by atoms with E-state index in [1.165, 1.54) is 25.3 Å². The SMILES string of the molecule is Cc1cc(C(=O)NC2CCCCC2)ccc1NC(=O)/C=C/c1nc2ccccc2s1. The highest BCUT2D eigenvalue weighted by molar-refractivity contribution is 7.19. The van der Waals surface area contributed by atoms with Crippen molar-refractivity contribution in [2.24, 2.45) is 0 Å². The Bertz CT molecular complexity index is 1060. The van der Waals surface area contributed by atoms with Crippen molar-refractivity contribution in [2.75, 3.05) is 5.32 Å². The van der Waals surface area contributed by atoms with Crippen molar-refractivity contribution in [1.29, 1.82) is 0 Å². The van der Waals surface area contributed by atoms with Gasteiger partial charge in [-0.1, -0.05) is 31.4 Å². The minimum Gasteiger partial charge on any atom is -0.349 e. The van der Waals surface area contributed by atoms with Crippen LogP contribution in [0.5, 0.6) is 0 Å². The highest BCUT2D eigenvalue weighted by Crippen LogP contribution is 2.23. The minimum atomic E-state index is -0.225. The highest BCUT2D eigenvalue weighted by atomic mass is 32.1. The number of benzene rings is 2. The first-order chi connectivity index (χ1) is 14.6. The number of para-hydroxylation sites is 1. The van der Waals surface area contributed by atoms with Crippen LogP contribution in [0.2, 0.25) is 0 Å². The molecule has 1 aliphatic rings. The van der Waals surface area contributed by atoms with Gasteiger partial charge in [0.2, 0.25) is 5.91 Å². The molecule has 2 amide bonds. The van der Waals surface area contributed by atoms with Crippen molar-refractivity contribution in [3.63, 3.8) is 0 Å². The van der Waals surface area contributed by atoms with Crippen molar-refractivity contribution >= 4 is 45.1 Å². The Hall–Kier alpha value is -2.99. The summed E-state index contributed by atoms with van der Waals surface area (Å²) in [4.78, 5) is 29.3. The zero-order valence-corrected chi connectivity index (χ0v) is 17.8. The van der Waals surface area contributed by atoms with Crippen LogP contribution in [0, 0.1) is 6.92 Å². The van der Waals surface area contributed by atoms with Gasteiger partial charge in [-0.2, -0.15) is 0 Å². The number of rotatable bonds is 5. The van der Waals surface area contributed by atoms with Crippen LogP contribution in [0.15, 0.2) is 48.5 Å². The molecule has 6 heteroatoms. The van der Waals surface area contributed by atoms with Gasteiger partial charge in [-0.25, -0.2) is 4.98 Å². The summed E-state index contributed by atoms with van der Waals surface area (Å²) >= 11 is 1.55. The molecule has 0 atom stereocenters. The Morgan fingerprint density at radius 3 is 2.67 bits per heavy atom. The molecule has 0 unspecified atom stereocenters. The summed E-state index contributed by atoms with van der Waals surface area (Å²) in [6.07, 6.45) is 8.94.